The molecule has 0 unspecified atom stereocenters. The summed E-state index contributed by atoms with van der Waals surface area (Å²) in [5.74, 6) is 0. The number of rotatable bonds is 3. The average molecular weight is 309 g/mol. The van der Waals surface area contributed by atoms with Crippen molar-refractivity contribution in [3.05, 3.63) is 71.3 Å². The van der Waals surface area contributed by atoms with E-state index in [0.29, 0.717) is 6.61 Å². The van der Waals surface area contributed by atoms with Gasteiger partial charge in [-0.3, -0.25) is 0 Å². The lowest BCUT2D eigenvalue weighted by Gasteiger charge is -2.40. The summed E-state index contributed by atoms with van der Waals surface area (Å²) >= 11 is 0. The maximum Gasteiger partial charge on any atom is 0.407 e. The fraction of sp³-hybridized carbons (Fsp3) is 0.350. The van der Waals surface area contributed by atoms with Gasteiger partial charge >= 0.3 is 6.09 Å². The van der Waals surface area contributed by atoms with Crippen LogP contribution in [0, 0.1) is 0 Å². The van der Waals surface area contributed by atoms with Crippen LogP contribution in [-0.2, 0) is 16.6 Å². The Labute approximate surface area is 137 Å². The summed E-state index contributed by atoms with van der Waals surface area (Å²) < 4.78 is 5.06. The normalized spacial score (nSPS) is 23.0. The third kappa shape index (κ3) is 3.09. The van der Waals surface area contributed by atoms with Crippen molar-refractivity contribution in [3.8, 4) is 0 Å². The zero-order chi connectivity index (χ0) is 16.3. The minimum atomic E-state index is -0.327. The molecule has 0 fully saturated rings. The maximum absolute atomic E-state index is 11.8. The van der Waals surface area contributed by atoms with E-state index in [1.807, 2.05) is 13.0 Å². The molecule has 1 aliphatic carbocycles. The van der Waals surface area contributed by atoms with Crippen molar-refractivity contribution < 1.29 is 9.53 Å². The Kier molecular flexibility index (Phi) is 4.37. The Morgan fingerprint density at radius 2 is 1.87 bits per heavy atom. The molecule has 0 aromatic heterocycles. The zero-order valence-electron chi connectivity index (χ0n) is 13.7. The van der Waals surface area contributed by atoms with Gasteiger partial charge in [0.1, 0.15) is 0 Å². The van der Waals surface area contributed by atoms with Gasteiger partial charge in [-0.05, 0) is 36.5 Å². The van der Waals surface area contributed by atoms with E-state index in [0.717, 1.165) is 12.8 Å². The van der Waals surface area contributed by atoms with Crippen molar-refractivity contribution in [3.63, 3.8) is 0 Å². The Bertz CT molecular complexity index is 683. The maximum atomic E-state index is 11.8. The van der Waals surface area contributed by atoms with Crippen LogP contribution in [0.25, 0.3) is 0 Å². The number of hydrogen-bond donors (Lipinski definition) is 1. The van der Waals surface area contributed by atoms with Crippen molar-refractivity contribution in [2.24, 2.45) is 0 Å². The first kappa shape index (κ1) is 15.6. The number of carbonyl (C=O) groups is 1. The molecule has 120 valence electrons. The smallest absolute Gasteiger partial charge is 0.407 e. The molecule has 2 aromatic rings. The van der Waals surface area contributed by atoms with Crippen LogP contribution in [0.2, 0.25) is 0 Å². The number of carbonyl (C=O) groups excluding carboxylic acids is 1. The fourth-order valence-electron chi connectivity index (χ4n) is 3.70. The monoisotopic (exact) mass is 309 g/mol. The number of ether oxygens (including phenoxy) is 1. The predicted molar refractivity (Wildman–Crippen MR) is 91.6 cm³/mol. The second-order valence-electron chi connectivity index (χ2n) is 6.33. The summed E-state index contributed by atoms with van der Waals surface area (Å²) in [5, 5.41) is 3.02. The van der Waals surface area contributed by atoms with Crippen molar-refractivity contribution in [1.29, 1.82) is 0 Å². The molecule has 2 atom stereocenters. The van der Waals surface area contributed by atoms with Gasteiger partial charge in [-0.1, -0.05) is 61.5 Å². The van der Waals surface area contributed by atoms with E-state index in [1.54, 1.807) is 0 Å². The minimum absolute atomic E-state index is 0.0779. The van der Waals surface area contributed by atoms with Gasteiger partial charge < -0.3 is 10.1 Å². The Balaban J connectivity index is 1.96. The molecule has 0 spiro atoms. The second kappa shape index (κ2) is 6.45. The van der Waals surface area contributed by atoms with Crippen LogP contribution in [0.1, 0.15) is 37.0 Å². The molecule has 0 aliphatic heterocycles. The summed E-state index contributed by atoms with van der Waals surface area (Å²) in [6.07, 6.45) is 1.39. The molecular formula is C20H23NO2. The van der Waals surface area contributed by atoms with Crippen LogP contribution in [0.3, 0.4) is 0 Å². The van der Waals surface area contributed by atoms with Crippen LogP contribution in [-0.4, -0.2) is 18.7 Å². The predicted octanol–water partition coefficient (Wildman–Crippen LogP) is 4.05. The van der Waals surface area contributed by atoms with Crippen molar-refractivity contribution >= 4 is 6.09 Å². The Morgan fingerprint density at radius 1 is 1.17 bits per heavy atom. The number of hydrogen-bond acceptors (Lipinski definition) is 2. The van der Waals surface area contributed by atoms with Gasteiger partial charge in [0.25, 0.3) is 0 Å². The lowest BCUT2D eigenvalue weighted by atomic mass is 9.66. The number of fused-ring (bicyclic) bond motifs is 1. The highest BCUT2D eigenvalue weighted by Crippen LogP contribution is 2.42. The van der Waals surface area contributed by atoms with E-state index in [9.17, 15) is 4.79 Å². The standard InChI is InChI=1S/C20H23NO2/c1-3-23-19(22)21-17-13-15-9-7-8-12-18(15)20(2,14-17)16-10-5-4-6-11-16/h4-12,17H,3,13-14H2,1-2H3,(H,21,22)/t17-,20+/m1/s1. The minimum Gasteiger partial charge on any atom is -0.450 e. The topological polar surface area (TPSA) is 38.3 Å². The highest BCUT2D eigenvalue weighted by Gasteiger charge is 2.38. The summed E-state index contributed by atoms with van der Waals surface area (Å²) in [7, 11) is 0. The van der Waals surface area contributed by atoms with Gasteiger partial charge in [0, 0.05) is 11.5 Å². The highest BCUT2D eigenvalue weighted by atomic mass is 16.5. The second-order valence-corrected chi connectivity index (χ2v) is 6.33. The number of benzene rings is 2. The van der Waals surface area contributed by atoms with Gasteiger partial charge in [0.2, 0.25) is 0 Å². The van der Waals surface area contributed by atoms with E-state index in [-0.39, 0.29) is 17.6 Å². The Hall–Kier alpha value is -2.29. The quantitative estimate of drug-likeness (QED) is 0.928. The first-order chi connectivity index (χ1) is 11.1. The van der Waals surface area contributed by atoms with Gasteiger partial charge in [-0.25, -0.2) is 4.79 Å². The summed E-state index contributed by atoms with van der Waals surface area (Å²) in [4.78, 5) is 11.8. The fourth-order valence-corrected chi connectivity index (χ4v) is 3.70. The zero-order valence-corrected chi connectivity index (χ0v) is 13.7. The third-order valence-corrected chi connectivity index (χ3v) is 4.74. The van der Waals surface area contributed by atoms with E-state index < -0.39 is 0 Å². The summed E-state index contributed by atoms with van der Waals surface area (Å²) in [6.45, 7) is 4.48. The lowest BCUT2D eigenvalue weighted by Crippen LogP contribution is -2.45. The number of amides is 1. The molecule has 23 heavy (non-hydrogen) atoms. The molecule has 0 bridgehead atoms. The summed E-state index contributed by atoms with van der Waals surface area (Å²) in [6, 6.07) is 19.1. The van der Waals surface area contributed by atoms with E-state index in [1.165, 1.54) is 16.7 Å². The van der Waals surface area contributed by atoms with Crippen molar-refractivity contribution in [2.75, 3.05) is 6.61 Å². The highest BCUT2D eigenvalue weighted by molar-refractivity contribution is 5.68. The van der Waals surface area contributed by atoms with Crippen LogP contribution in [0.5, 0.6) is 0 Å². The lowest BCUT2D eigenvalue weighted by molar-refractivity contribution is 0.145. The largest absolute Gasteiger partial charge is 0.450 e. The van der Waals surface area contributed by atoms with Gasteiger partial charge in [0.05, 0.1) is 6.61 Å². The van der Waals surface area contributed by atoms with Gasteiger partial charge in [0.15, 0.2) is 0 Å². The number of alkyl carbamates (subject to hydrolysis) is 1. The molecule has 0 saturated carbocycles. The van der Waals surface area contributed by atoms with E-state index in [2.05, 4.69) is 60.8 Å². The van der Waals surface area contributed by atoms with Crippen LogP contribution >= 0.6 is 0 Å². The van der Waals surface area contributed by atoms with Crippen molar-refractivity contribution in [2.45, 2.75) is 38.1 Å². The molecule has 1 amide bonds. The molecule has 2 aromatic carbocycles. The molecular weight excluding hydrogens is 286 g/mol. The van der Waals surface area contributed by atoms with Crippen LogP contribution in [0.15, 0.2) is 54.6 Å². The molecule has 1 N–H and O–H groups in total. The first-order valence-electron chi connectivity index (χ1n) is 8.20. The Morgan fingerprint density at radius 3 is 2.61 bits per heavy atom. The van der Waals surface area contributed by atoms with E-state index in [4.69, 9.17) is 4.74 Å². The molecule has 3 heteroatoms. The number of nitrogens with one attached hydrogen (secondary N) is 1. The van der Waals surface area contributed by atoms with Crippen molar-refractivity contribution in [1.82, 2.24) is 5.32 Å². The first-order valence-corrected chi connectivity index (χ1v) is 8.20. The molecule has 1 aliphatic rings. The summed E-state index contributed by atoms with van der Waals surface area (Å²) in [5.41, 5.74) is 3.82. The van der Waals surface area contributed by atoms with Gasteiger partial charge in [-0.2, -0.15) is 0 Å². The van der Waals surface area contributed by atoms with E-state index >= 15 is 0 Å². The molecule has 3 rings (SSSR count). The molecule has 0 radical (unpaired) electrons. The third-order valence-electron chi connectivity index (χ3n) is 4.74. The SMILES string of the molecule is CCOC(=O)N[C@@H]1Cc2ccccc2[C@](C)(c2ccccc2)C1. The average Bonchev–Trinajstić information content (AvgIpc) is 2.56. The molecule has 3 nitrogen and oxygen atoms in total. The van der Waals surface area contributed by atoms with Crippen LogP contribution < -0.4 is 5.32 Å². The van der Waals surface area contributed by atoms with Crippen LogP contribution in [0.4, 0.5) is 4.79 Å². The van der Waals surface area contributed by atoms with Gasteiger partial charge in [-0.15, -0.1) is 0 Å². The molecule has 0 heterocycles. The molecule has 0 saturated heterocycles.